The molecule has 0 aliphatic heterocycles. The highest BCUT2D eigenvalue weighted by molar-refractivity contribution is 7.92. The molecule has 0 spiro atoms. The van der Waals surface area contributed by atoms with E-state index in [0.29, 0.717) is 17.1 Å². The Morgan fingerprint density at radius 3 is 2.35 bits per heavy atom. The molecule has 8 heteroatoms. The highest BCUT2D eigenvalue weighted by atomic mass is 32.2. The number of rotatable bonds is 7. The molecule has 0 saturated heterocycles. The van der Waals surface area contributed by atoms with Gasteiger partial charge in [-0.05, 0) is 62.4 Å². The highest BCUT2D eigenvalue weighted by Crippen LogP contribution is 2.25. The monoisotopic (exact) mass is 475 g/mol. The number of carbonyl (C=O) groups excluding carboxylic acids is 1. The highest BCUT2D eigenvalue weighted by Gasteiger charge is 2.21. The SMILES string of the molecule is Cc1ccc(S(=O)(=O)N(C)c2ccc(OCC(=O)Nc3cc(C)nc4ccccc34)cc2)cc1. The minimum absolute atomic E-state index is 0.188. The third-order valence-electron chi connectivity index (χ3n) is 5.37. The summed E-state index contributed by atoms with van der Waals surface area (Å²) in [6, 6.07) is 22.7. The number of benzene rings is 3. The van der Waals surface area contributed by atoms with Crippen LogP contribution in [0.4, 0.5) is 11.4 Å². The minimum atomic E-state index is -3.68. The first-order valence-corrected chi connectivity index (χ1v) is 12.1. The van der Waals surface area contributed by atoms with Crippen LogP contribution in [-0.2, 0) is 14.8 Å². The van der Waals surface area contributed by atoms with Gasteiger partial charge in [0, 0.05) is 18.1 Å². The van der Waals surface area contributed by atoms with Crippen LogP contribution < -0.4 is 14.4 Å². The molecule has 7 nitrogen and oxygen atoms in total. The number of aromatic nitrogens is 1. The Morgan fingerprint density at radius 2 is 1.65 bits per heavy atom. The lowest BCUT2D eigenvalue weighted by atomic mass is 10.1. The zero-order chi connectivity index (χ0) is 24.3. The van der Waals surface area contributed by atoms with Gasteiger partial charge >= 0.3 is 0 Å². The summed E-state index contributed by atoms with van der Waals surface area (Å²) in [5, 5.41) is 3.73. The van der Waals surface area contributed by atoms with Gasteiger partial charge in [0.05, 0.1) is 21.8 Å². The van der Waals surface area contributed by atoms with Crippen molar-refractivity contribution < 1.29 is 17.9 Å². The van der Waals surface area contributed by atoms with Crippen LogP contribution in [0.5, 0.6) is 5.75 Å². The van der Waals surface area contributed by atoms with E-state index in [-0.39, 0.29) is 17.4 Å². The standard InChI is InChI=1S/C26H25N3O4S/c1-18-8-14-22(15-9-18)34(31,32)29(3)20-10-12-21(13-11-20)33-17-26(30)28-25-16-19(2)27-24-7-5-4-6-23(24)25/h4-16H,17H2,1-3H3,(H,27,28,30). The van der Waals surface area contributed by atoms with Crippen LogP contribution in [0.15, 0.2) is 83.8 Å². The molecule has 3 aromatic carbocycles. The van der Waals surface area contributed by atoms with Gasteiger partial charge in [-0.2, -0.15) is 0 Å². The molecule has 1 amide bonds. The average molecular weight is 476 g/mol. The molecule has 174 valence electrons. The maximum absolute atomic E-state index is 12.9. The van der Waals surface area contributed by atoms with Crippen LogP contribution >= 0.6 is 0 Å². The third-order valence-corrected chi connectivity index (χ3v) is 7.17. The Balaban J connectivity index is 1.40. The van der Waals surface area contributed by atoms with Crippen molar-refractivity contribution in [3.63, 3.8) is 0 Å². The van der Waals surface area contributed by atoms with Gasteiger partial charge in [0.15, 0.2) is 6.61 Å². The normalized spacial score (nSPS) is 11.3. The van der Waals surface area contributed by atoms with Gasteiger partial charge in [-0.15, -0.1) is 0 Å². The number of hydrogen-bond acceptors (Lipinski definition) is 5. The number of nitrogens with zero attached hydrogens (tertiary/aromatic N) is 2. The summed E-state index contributed by atoms with van der Waals surface area (Å²) in [7, 11) is -2.18. The molecule has 1 N–H and O–H groups in total. The third kappa shape index (κ3) is 5.02. The van der Waals surface area contributed by atoms with Crippen LogP contribution in [0.25, 0.3) is 10.9 Å². The summed E-state index contributed by atoms with van der Waals surface area (Å²) in [5.41, 5.74) is 3.75. The molecule has 0 atom stereocenters. The number of amides is 1. The lowest BCUT2D eigenvalue weighted by Gasteiger charge is -2.20. The Hall–Kier alpha value is -3.91. The summed E-state index contributed by atoms with van der Waals surface area (Å²) >= 11 is 0. The van der Waals surface area contributed by atoms with Gasteiger partial charge in [-0.3, -0.25) is 14.1 Å². The van der Waals surface area contributed by atoms with Crippen molar-refractivity contribution in [2.45, 2.75) is 18.7 Å². The number of pyridine rings is 1. The predicted octanol–water partition coefficient (Wildman–Crippen LogP) is 4.69. The van der Waals surface area contributed by atoms with E-state index in [4.69, 9.17) is 4.74 Å². The summed E-state index contributed by atoms with van der Waals surface area (Å²) in [5.74, 6) is 0.148. The van der Waals surface area contributed by atoms with E-state index in [1.807, 2.05) is 44.2 Å². The van der Waals surface area contributed by atoms with Crippen molar-refractivity contribution >= 4 is 38.2 Å². The predicted molar refractivity (Wildman–Crippen MR) is 134 cm³/mol. The number of ether oxygens (including phenoxy) is 1. The molecule has 0 radical (unpaired) electrons. The maximum Gasteiger partial charge on any atom is 0.264 e. The second-order valence-electron chi connectivity index (χ2n) is 7.94. The number of nitrogens with one attached hydrogen (secondary N) is 1. The molecule has 1 heterocycles. The first kappa shape index (κ1) is 23.3. The lowest BCUT2D eigenvalue weighted by molar-refractivity contribution is -0.118. The second-order valence-corrected chi connectivity index (χ2v) is 9.91. The van der Waals surface area contributed by atoms with Crippen molar-refractivity contribution in [2.75, 3.05) is 23.3 Å². The molecule has 1 aromatic heterocycles. The number of sulfonamides is 1. The van der Waals surface area contributed by atoms with Crippen molar-refractivity contribution in [2.24, 2.45) is 0 Å². The summed E-state index contributed by atoms with van der Waals surface area (Å²) in [4.78, 5) is 17.2. The largest absolute Gasteiger partial charge is 0.484 e. The molecule has 4 aromatic rings. The fourth-order valence-corrected chi connectivity index (χ4v) is 4.70. The van der Waals surface area contributed by atoms with Crippen LogP contribution in [0.1, 0.15) is 11.3 Å². The van der Waals surface area contributed by atoms with E-state index in [0.717, 1.165) is 22.2 Å². The number of aryl methyl sites for hydroxylation is 2. The van der Waals surface area contributed by atoms with E-state index in [2.05, 4.69) is 10.3 Å². The van der Waals surface area contributed by atoms with E-state index >= 15 is 0 Å². The van der Waals surface area contributed by atoms with Crippen LogP contribution in [0.3, 0.4) is 0 Å². The van der Waals surface area contributed by atoms with Gasteiger partial charge < -0.3 is 10.1 Å². The van der Waals surface area contributed by atoms with Gasteiger partial charge in [0.25, 0.3) is 15.9 Å². The maximum atomic E-state index is 12.9. The summed E-state index contributed by atoms with van der Waals surface area (Å²) in [6.07, 6.45) is 0. The molecule has 34 heavy (non-hydrogen) atoms. The van der Waals surface area contributed by atoms with E-state index in [1.54, 1.807) is 48.5 Å². The van der Waals surface area contributed by atoms with Crippen molar-refractivity contribution in [3.8, 4) is 5.75 Å². The van der Waals surface area contributed by atoms with E-state index in [9.17, 15) is 13.2 Å². The fourth-order valence-electron chi connectivity index (χ4n) is 3.51. The Kier molecular flexibility index (Phi) is 6.51. The molecule has 0 saturated carbocycles. The van der Waals surface area contributed by atoms with E-state index in [1.165, 1.54) is 11.4 Å². The Labute approximate surface area is 199 Å². The average Bonchev–Trinajstić information content (AvgIpc) is 2.83. The summed E-state index contributed by atoms with van der Waals surface area (Å²) in [6.45, 7) is 3.59. The Bertz CT molecular complexity index is 1430. The molecular weight excluding hydrogens is 450 g/mol. The Morgan fingerprint density at radius 1 is 0.971 bits per heavy atom. The molecule has 0 aliphatic carbocycles. The molecule has 0 aliphatic rings. The number of carbonyl (C=O) groups is 1. The zero-order valence-corrected chi connectivity index (χ0v) is 20.0. The van der Waals surface area contributed by atoms with Gasteiger partial charge in [-0.25, -0.2) is 8.42 Å². The van der Waals surface area contributed by atoms with Crippen LogP contribution in [0, 0.1) is 13.8 Å². The van der Waals surface area contributed by atoms with Crippen LogP contribution in [0.2, 0.25) is 0 Å². The molecule has 4 rings (SSSR count). The number of fused-ring (bicyclic) bond motifs is 1. The van der Waals surface area contributed by atoms with Gasteiger partial charge in [-0.1, -0.05) is 35.9 Å². The van der Waals surface area contributed by atoms with E-state index < -0.39 is 10.0 Å². The quantitative estimate of drug-likeness (QED) is 0.419. The molecule has 0 fully saturated rings. The first-order chi connectivity index (χ1) is 16.2. The van der Waals surface area contributed by atoms with Crippen molar-refractivity contribution in [1.82, 2.24) is 4.98 Å². The summed E-state index contributed by atoms with van der Waals surface area (Å²) < 4.78 is 32.6. The molecular formula is C26H25N3O4S. The van der Waals surface area contributed by atoms with Crippen molar-refractivity contribution in [3.05, 3.63) is 90.1 Å². The second kappa shape index (κ2) is 9.52. The molecule has 0 bridgehead atoms. The first-order valence-electron chi connectivity index (χ1n) is 10.7. The topological polar surface area (TPSA) is 88.6 Å². The molecule has 0 unspecified atom stereocenters. The smallest absolute Gasteiger partial charge is 0.264 e. The van der Waals surface area contributed by atoms with Crippen molar-refractivity contribution in [1.29, 1.82) is 0 Å². The number of hydrogen-bond donors (Lipinski definition) is 1. The van der Waals surface area contributed by atoms with Gasteiger partial charge in [0.2, 0.25) is 0 Å². The number of para-hydroxylation sites is 1. The zero-order valence-electron chi connectivity index (χ0n) is 19.1. The minimum Gasteiger partial charge on any atom is -0.484 e. The lowest BCUT2D eigenvalue weighted by Crippen LogP contribution is -2.26. The fraction of sp³-hybridized carbons (Fsp3) is 0.154. The van der Waals surface area contributed by atoms with Gasteiger partial charge in [0.1, 0.15) is 5.75 Å². The van der Waals surface area contributed by atoms with Crippen LogP contribution in [-0.4, -0.2) is 33.0 Å². The number of anilines is 2.